The van der Waals surface area contributed by atoms with Crippen molar-refractivity contribution in [3.63, 3.8) is 0 Å². The van der Waals surface area contributed by atoms with Gasteiger partial charge < -0.3 is 15.5 Å². The zero-order valence-corrected chi connectivity index (χ0v) is 18.2. The summed E-state index contributed by atoms with van der Waals surface area (Å²) in [5.74, 6) is -0.0927. The van der Waals surface area contributed by atoms with Crippen molar-refractivity contribution in [3.8, 4) is 0 Å². The van der Waals surface area contributed by atoms with Gasteiger partial charge in [-0.05, 0) is 62.5 Å². The van der Waals surface area contributed by atoms with Crippen LogP contribution < -0.4 is 5.32 Å². The number of ketones is 1. The van der Waals surface area contributed by atoms with Crippen molar-refractivity contribution >= 4 is 11.7 Å². The largest absolute Gasteiger partial charge is 0.393 e. The summed E-state index contributed by atoms with van der Waals surface area (Å²) in [6.45, 7) is 0. The van der Waals surface area contributed by atoms with Gasteiger partial charge >= 0.3 is 0 Å². The second-order valence-corrected chi connectivity index (χ2v) is 8.82. The second kappa shape index (κ2) is 12.0. The highest BCUT2D eigenvalue weighted by molar-refractivity contribution is 5.98. The second-order valence-electron chi connectivity index (χ2n) is 8.82. The molecule has 0 spiro atoms. The van der Waals surface area contributed by atoms with Gasteiger partial charge in [-0.15, -0.1) is 0 Å². The van der Waals surface area contributed by atoms with Crippen molar-refractivity contribution in [3.05, 3.63) is 59.7 Å². The Hall–Kier alpha value is -2.24. The van der Waals surface area contributed by atoms with Gasteiger partial charge in [-0.2, -0.15) is 0 Å². The van der Waals surface area contributed by atoms with E-state index in [2.05, 4.69) is 5.32 Å². The molecule has 0 aliphatic heterocycles. The molecule has 1 aromatic carbocycles. The minimum atomic E-state index is -0.658. The number of Topliss-reactive ketones (excluding diaryl/α,β-unsaturated/α-hetero) is 1. The number of hydrogen-bond acceptors (Lipinski definition) is 4. The lowest BCUT2D eigenvalue weighted by Gasteiger charge is -2.14. The Balaban J connectivity index is 1.40. The molecule has 3 rings (SSSR count). The van der Waals surface area contributed by atoms with Crippen molar-refractivity contribution in [2.45, 2.75) is 82.5 Å². The molecule has 2 aliphatic rings. The number of aryl methyl sites for hydroxylation is 1. The first-order valence-electron chi connectivity index (χ1n) is 11.6. The van der Waals surface area contributed by atoms with E-state index in [1.54, 1.807) is 0 Å². The van der Waals surface area contributed by atoms with Crippen LogP contribution in [0.1, 0.15) is 63.4 Å². The maximum Gasteiger partial charge on any atom is 0.220 e. The van der Waals surface area contributed by atoms with Gasteiger partial charge in [-0.25, -0.2) is 0 Å². The van der Waals surface area contributed by atoms with Crippen LogP contribution in [0.2, 0.25) is 0 Å². The third-order valence-electron chi connectivity index (χ3n) is 6.07. The number of carbonyl (C=O) groups excluding carboxylic acids is 2. The standard InChI is InChI=1S/C26H35NO4/c28-21(15-12-19-8-4-3-5-9-19)16-17-23-22(24(29)18-25(23)30)10-6-1-2-7-11-26(31)27-20-13-14-20/h1,3-6,8-9,17,20-22,24,28-29H,2,7,10-16,18H2,(H,27,31)/b6-1-,23-17?/t21-,22?,24-/m0/s1. The van der Waals surface area contributed by atoms with E-state index in [0.29, 0.717) is 37.3 Å². The lowest BCUT2D eigenvalue weighted by atomic mass is 9.94. The molecular formula is C26H35NO4. The molecule has 1 amide bonds. The van der Waals surface area contributed by atoms with E-state index in [1.165, 1.54) is 5.56 Å². The first kappa shape index (κ1) is 23.4. The number of unbranched alkanes of at least 4 members (excludes halogenated alkanes) is 1. The van der Waals surface area contributed by atoms with Crippen LogP contribution in [-0.2, 0) is 16.0 Å². The molecule has 0 saturated heterocycles. The number of aliphatic hydroxyl groups excluding tert-OH is 2. The van der Waals surface area contributed by atoms with E-state index in [0.717, 1.165) is 32.1 Å². The van der Waals surface area contributed by atoms with Gasteiger partial charge in [-0.1, -0.05) is 48.6 Å². The molecule has 2 aliphatic carbocycles. The summed E-state index contributed by atoms with van der Waals surface area (Å²) in [5, 5.41) is 23.6. The molecule has 0 heterocycles. The van der Waals surface area contributed by atoms with Gasteiger partial charge in [0.15, 0.2) is 5.78 Å². The fraction of sp³-hybridized carbons (Fsp3) is 0.538. The average Bonchev–Trinajstić information content (AvgIpc) is 3.52. The third kappa shape index (κ3) is 8.08. The molecule has 5 nitrogen and oxygen atoms in total. The molecule has 0 bridgehead atoms. The van der Waals surface area contributed by atoms with Crippen LogP contribution in [0.5, 0.6) is 0 Å². The minimum Gasteiger partial charge on any atom is -0.393 e. The highest BCUT2D eigenvalue weighted by Gasteiger charge is 2.35. The molecule has 2 saturated carbocycles. The summed E-state index contributed by atoms with van der Waals surface area (Å²) >= 11 is 0. The SMILES string of the molecule is O=C(CCC/C=C\CC1C(=CC[C@@H](O)CCc2ccccc2)C(=O)C[C@@H]1O)NC1CC1. The Kier molecular flexibility index (Phi) is 9.04. The molecular weight excluding hydrogens is 390 g/mol. The monoisotopic (exact) mass is 425 g/mol. The summed E-state index contributed by atoms with van der Waals surface area (Å²) < 4.78 is 0. The Labute approximate surface area is 185 Å². The fourth-order valence-electron chi connectivity index (χ4n) is 4.04. The molecule has 168 valence electrons. The van der Waals surface area contributed by atoms with Crippen LogP contribution in [0.4, 0.5) is 0 Å². The number of hydrogen-bond donors (Lipinski definition) is 3. The van der Waals surface area contributed by atoms with Crippen LogP contribution >= 0.6 is 0 Å². The molecule has 5 heteroatoms. The fourth-order valence-corrected chi connectivity index (χ4v) is 4.04. The molecule has 1 aromatic rings. The third-order valence-corrected chi connectivity index (χ3v) is 6.07. The van der Waals surface area contributed by atoms with Gasteiger partial charge in [0.1, 0.15) is 0 Å². The smallest absolute Gasteiger partial charge is 0.220 e. The molecule has 0 aromatic heterocycles. The van der Waals surface area contributed by atoms with Crippen molar-refractivity contribution in [2.24, 2.45) is 5.92 Å². The van der Waals surface area contributed by atoms with Gasteiger partial charge in [0.25, 0.3) is 0 Å². The van der Waals surface area contributed by atoms with Crippen LogP contribution in [-0.4, -0.2) is 40.2 Å². The van der Waals surface area contributed by atoms with Gasteiger partial charge in [0.2, 0.25) is 5.91 Å². The van der Waals surface area contributed by atoms with Crippen LogP contribution in [0.15, 0.2) is 54.1 Å². The quantitative estimate of drug-likeness (QED) is 0.271. The number of rotatable bonds is 12. The predicted molar refractivity (Wildman–Crippen MR) is 121 cm³/mol. The normalized spacial score (nSPS) is 23.5. The molecule has 0 radical (unpaired) electrons. The van der Waals surface area contributed by atoms with Crippen LogP contribution in [0.3, 0.4) is 0 Å². The summed E-state index contributed by atoms with van der Waals surface area (Å²) in [6, 6.07) is 10.5. The summed E-state index contributed by atoms with van der Waals surface area (Å²) in [5.41, 5.74) is 1.84. The van der Waals surface area contributed by atoms with Gasteiger partial charge in [0, 0.05) is 24.8 Å². The Morgan fingerprint density at radius 1 is 1.19 bits per heavy atom. The molecule has 3 N–H and O–H groups in total. The van der Waals surface area contributed by atoms with Crippen LogP contribution in [0, 0.1) is 5.92 Å². The maximum atomic E-state index is 12.3. The number of carbonyl (C=O) groups is 2. The number of amides is 1. The number of aliphatic hydroxyl groups is 2. The van der Waals surface area contributed by atoms with E-state index in [9.17, 15) is 19.8 Å². The van der Waals surface area contributed by atoms with E-state index in [4.69, 9.17) is 0 Å². The number of nitrogens with one attached hydrogen (secondary N) is 1. The molecule has 3 atom stereocenters. The zero-order chi connectivity index (χ0) is 22.1. The topological polar surface area (TPSA) is 86.6 Å². The highest BCUT2D eigenvalue weighted by atomic mass is 16.3. The lowest BCUT2D eigenvalue weighted by molar-refractivity contribution is -0.121. The first-order valence-corrected chi connectivity index (χ1v) is 11.6. The van der Waals surface area contributed by atoms with E-state index in [-0.39, 0.29) is 24.0 Å². The molecule has 31 heavy (non-hydrogen) atoms. The lowest BCUT2D eigenvalue weighted by Crippen LogP contribution is -2.24. The van der Waals surface area contributed by atoms with Crippen molar-refractivity contribution in [1.82, 2.24) is 5.32 Å². The number of benzene rings is 1. The predicted octanol–water partition coefficient (Wildman–Crippen LogP) is 3.64. The van der Waals surface area contributed by atoms with Crippen LogP contribution in [0.25, 0.3) is 0 Å². The van der Waals surface area contributed by atoms with Gasteiger partial charge in [0.05, 0.1) is 12.2 Å². The first-order chi connectivity index (χ1) is 15.0. The zero-order valence-electron chi connectivity index (χ0n) is 18.2. The van der Waals surface area contributed by atoms with Gasteiger partial charge in [-0.3, -0.25) is 9.59 Å². The minimum absolute atomic E-state index is 0.0158. The average molecular weight is 426 g/mol. The van der Waals surface area contributed by atoms with E-state index in [1.807, 2.05) is 48.6 Å². The Bertz CT molecular complexity index is 782. The van der Waals surface area contributed by atoms with Crippen molar-refractivity contribution < 1.29 is 19.8 Å². The van der Waals surface area contributed by atoms with E-state index < -0.39 is 12.2 Å². The number of allylic oxidation sites excluding steroid dienone is 2. The summed E-state index contributed by atoms with van der Waals surface area (Å²) in [7, 11) is 0. The van der Waals surface area contributed by atoms with Crippen molar-refractivity contribution in [2.75, 3.05) is 0 Å². The molecule has 1 unspecified atom stereocenters. The van der Waals surface area contributed by atoms with Crippen molar-refractivity contribution in [1.29, 1.82) is 0 Å². The summed E-state index contributed by atoms with van der Waals surface area (Å²) in [6.07, 6.45) is 11.7. The Morgan fingerprint density at radius 2 is 1.97 bits per heavy atom. The van der Waals surface area contributed by atoms with E-state index >= 15 is 0 Å². The molecule has 2 fully saturated rings. The Morgan fingerprint density at radius 3 is 2.71 bits per heavy atom. The maximum absolute atomic E-state index is 12.3. The summed E-state index contributed by atoms with van der Waals surface area (Å²) in [4.78, 5) is 24.0. The highest BCUT2D eigenvalue weighted by Crippen LogP contribution is 2.32.